The Morgan fingerprint density at radius 2 is 1.94 bits per heavy atom. The largest absolute Gasteiger partial charge is 0.411 e. The zero-order valence-electron chi connectivity index (χ0n) is 9.52. The van der Waals surface area contributed by atoms with Gasteiger partial charge in [0.1, 0.15) is 6.61 Å². The van der Waals surface area contributed by atoms with Crippen molar-refractivity contribution in [2.24, 2.45) is 0 Å². The molecule has 0 spiro atoms. The van der Waals surface area contributed by atoms with E-state index in [1.54, 1.807) is 0 Å². The molecular formula is C11H12F5NO. The van der Waals surface area contributed by atoms with Crippen LogP contribution >= 0.6 is 0 Å². The van der Waals surface area contributed by atoms with E-state index >= 15 is 0 Å². The molecule has 0 radical (unpaired) electrons. The van der Waals surface area contributed by atoms with Crippen molar-refractivity contribution in [3.63, 3.8) is 0 Å². The van der Waals surface area contributed by atoms with Gasteiger partial charge in [-0.2, -0.15) is 13.2 Å². The Kier molecular flexibility index (Phi) is 5.03. The Bertz CT molecular complexity index is 394. The van der Waals surface area contributed by atoms with Crippen LogP contribution in [0.3, 0.4) is 0 Å². The lowest BCUT2D eigenvalue weighted by Gasteiger charge is -2.18. The third-order valence-electron chi connectivity index (χ3n) is 2.26. The van der Waals surface area contributed by atoms with E-state index in [1.807, 2.05) is 0 Å². The van der Waals surface area contributed by atoms with Crippen molar-refractivity contribution in [2.45, 2.75) is 12.2 Å². The maximum atomic E-state index is 13.4. The van der Waals surface area contributed by atoms with E-state index in [2.05, 4.69) is 10.1 Å². The van der Waals surface area contributed by atoms with Gasteiger partial charge in [-0.3, -0.25) is 0 Å². The molecule has 0 aliphatic carbocycles. The monoisotopic (exact) mass is 269 g/mol. The van der Waals surface area contributed by atoms with Gasteiger partial charge in [-0.25, -0.2) is 8.78 Å². The first kappa shape index (κ1) is 14.8. The van der Waals surface area contributed by atoms with Crippen molar-refractivity contribution in [3.05, 3.63) is 35.4 Å². The molecule has 0 aliphatic heterocycles. The number of nitrogens with one attached hydrogen (secondary N) is 1. The average molecular weight is 269 g/mol. The molecule has 0 saturated carbocycles. The lowest BCUT2D eigenvalue weighted by Crippen LogP contribution is -2.26. The van der Waals surface area contributed by atoms with Crippen molar-refractivity contribution in [1.82, 2.24) is 5.32 Å². The first-order valence-corrected chi connectivity index (χ1v) is 5.11. The van der Waals surface area contributed by atoms with Crippen LogP contribution in [0.1, 0.15) is 11.6 Å². The van der Waals surface area contributed by atoms with E-state index in [0.29, 0.717) is 0 Å². The predicted octanol–water partition coefficient (Wildman–Crippen LogP) is 2.80. The van der Waals surface area contributed by atoms with E-state index in [0.717, 1.165) is 6.07 Å². The summed E-state index contributed by atoms with van der Waals surface area (Å²) in [6, 6.07) is 2.66. The van der Waals surface area contributed by atoms with E-state index < -0.39 is 37.1 Å². The van der Waals surface area contributed by atoms with Crippen molar-refractivity contribution in [2.75, 3.05) is 20.3 Å². The number of halogens is 5. The normalized spacial score (nSPS) is 13.7. The Labute approximate surface area is 101 Å². The van der Waals surface area contributed by atoms with E-state index in [9.17, 15) is 22.0 Å². The van der Waals surface area contributed by atoms with Crippen LogP contribution in [0, 0.1) is 11.6 Å². The number of benzene rings is 1. The number of ether oxygens (including phenoxy) is 1. The summed E-state index contributed by atoms with van der Waals surface area (Å²) in [4.78, 5) is 0. The molecule has 7 heteroatoms. The second kappa shape index (κ2) is 6.10. The minimum Gasteiger partial charge on any atom is -0.370 e. The van der Waals surface area contributed by atoms with Gasteiger partial charge >= 0.3 is 6.18 Å². The lowest BCUT2D eigenvalue weighted by molar-refractivity contribution is -0.175. The molecule has 2 nitrogen and oxygen atoms in total. The highest BCUT2D eigenvalue weighted by atomic mass is 19.4. The first-order valence-electron chi connectivity index (χ1n) is 5.11. The highest BCUT2D eigenvalue weighted by Gasteiger charge is 2.28. The second-order valence-electron chi connectivity index (χ2n) is 3.61. The number of hydrogen-bond donors (Lipinski definition) is 1. The van der Waals surface area contributed by atoms with Crippen molar-refractivity contribution in [3.8, 4) is 0 Å². The van der Waals surface area contributed by atoms with Gasteiger partial charge in [0.25, 0.3) is 0 Å². The van der Waals surface area contributed by atoms with E-state index in [4.69, 9.17) is 0 Å². The molecule has 1 unspecified atom stereocenters. The summed E-state index contributed by atoms with van der Waals surface area (Å²) < 4.78 is 66.4. The number of hydrogen-bond acceptors (Lipinski definition) is 2. The fraction of sp³-hybridized carbons (Fsp3) is 0.455. The number of likely N-dealkylation sites (N-methyl/N-ethyl adjacent to an activating group) is 1. The van der Waals surface area contributed by atoms with Gasteiger partial charge < -0.3 is 10.1 Å². The standard InChI is InChI=1S/C11H12F5NO/c1-17-9(5-18-6-11(14,15)16)7-3-2-4-8(12)10(7)13/h2-4,9,17H,5-6H2,1H3. The second-order valence-corrected chi connectivity index (χ2v) is 3.61. The topological polar surface area (TPSA) is 21.3 Å². The fourth-order valence-electron chi connectivity index (χ4n) is 1.41. The summed E-state index contributed by atoms with van der Waals surface area (Å²) in [5, 5.41) is 2.57. The molecular weight excluding hydrogens is 257 g/mol. The van der Waals surface area contributed by atoms with Gasteiger partial charge in [0, 0.05) is 5.56 Å². The summed E-state index contributed by atoms with van der Waals surface area (Å²) in [6.45, 7) is -1.83. The van der Waals surface area contributed by atoms with Gasteiger partial charge in [-0.1, -0.05) is 12.1 Å². The van der Waals surface area contributed by atoms with E-state index in [1.165, 1.54) is 19.2 Å². The molecule has 0 fully saturated rings. The molecule has 1 N–H and O–H groups in total. The van der Waals surface area contributed by atoms with Crippen LogP contribution in [-0.4, -0.2) is 26.4 Å². The van der Waals surface area contributed by atoms with Crippen LogP contribution < -0.4 is 5.32 Å². The predicted molar refractivity (Wildman–Crippen MR) is 55.0 cm³/mol. The number of alkyl halides is 3. The third-order valence-corrected chi connectivity index (χ3v) is 2.26. The third kappa shape index (κ3) is 4.23. The molecule has 0 heterocycles. The fourth-order valence-corrected chi connectivity index (χ4v) is 1.41. The molecule has 0 amide bonds. The lowest BCUT2D eigenvalue weighted by atomic mass is 10.1. The maximum absolute atomic E-state index is 13.4. The van der Waals surface area contributed by atoms with Crippen LogP contribution in [0.5, 0.6) is 0 Å². The highest BCUT2D eigenvalue weighted by Crippen LogP contribution is 2.21. The van der Waals surface area contributed by atoms with Gasteiger partial charge in [0.05, 0.1) is 12.6 Å². The minimum atomic E-state index is -4.45. The van der Waals surface area contributed by atoms with Crippen LogP contribution in [0.25, 0.3) is 0 Å². The molecule has 0 aliphatic rings. The van der Waals surface area contributed by atoms with Crippen molar-refractivity contribution < 1.29 is 26.7 Å². The molecule has 1 atom stereocenters. The quantitative estimate of drug-likeness (QED) is 0.830. The summed E-state index contributed by atoms with van der Waals surface area (Å²) in [7, 11) is 1.42. The van der Waals surface area contributed by atoms with Crippen LogP contribution in [0.15, 0.2) is 18.2 Å². The summed E-state index contributed by atoms with van der Waals surface area (Å²) in [5.41, 5.74) is -0.0697. The summed E-state index contributed by atoms with van der Waals surface area (Å²) >= 11 is 0. The zero-order chi connectivity index (χ0) is 13.8. The zero-order valence-corrected chi connectivity index (χ0v) is 9.52. The highest BCUT2D eigenvalue weighted by molar-refractivity contribution is 5.22. The molecule has 0 bridgehead atoms. The van der Waals surface area contributed by atoms with Gasteiger partial charge in [-0.15, -0.1) is 0 Å². The van der Waals surface area contributed by atoms with Gasteiger partial charge in [0.15, 0.2) is 11.6 Å². The van der Waals surface area contributed by atoms with Crippen molar-refractivity contribution >= 4 is 0 Å². The smallest absolute Gasteiger partial charge is 0.370 e. The molecule has 0 saturated heterocycles. The Hall–Kier alpha value is -1.21. The summed E-state index contributed by atoms with van der Waals surface area (Å²) in [5.74, 6) is -2.14. The van der Waals surface area contributed by atoms with Crippen LogP contribution in [0.2, 0.25) is 0 Å². The van der Waals surface area contributed by atoms with Crippen LogP contribution in [0.4, 0.5) is 22.0 Å². The first-order chi connectivity index (χ1) is 8.35. The SMILES string of the molecule is CNC(COCC(F)(F)F)c1cccc(F)c1F. The minimum absolute atomic E-state index is 0.0697. The van der Waals surface area contributed by atoms with Gasteiger partial charge in [-0.05, 0) is 13.1 Å². The maximum Gasteiger partial charge on any atom is 0.411 e. The summed E-state index contributed by atoms with van der Waals surface area (Å²) in [6.07, 6.45) is -4.45. The Morgan fingerprint density at radius 3 is 2.50 bits per heavy atom. The molecule has 1 rings (SSSR count). The molecule has 0 aromatic heterocycles. The van der Waals surface area contributed by atoms with E-state index in [-0.39, 0.29) is 5.56 Å². The molecule has 1 aromatic rings. The Balaban J connectivity index is 2.69. The average Bonchev–Trinajstić information content (AvgIpc) is 2.27. The van der Waals surface area contributed by atoms with Crippen LogP contribution in [-0.2, 0) is 4.74 Å². The van der Waals surface area contributed by atoms with Gasteiger partial charge in [0.2, 0.25) is 0 Å². The van der Waals surface area contributed by atoms with Crippen molar-refractivity contribution in [1.29, 1.82) is 0 Å². The molecule has 102 valence electrons. The number of rotatable bonds is 5. The molecule has 18 heavy (non-hydrogen) atoms. The Morgan fingerprint density at radius 1 is 1.28 bits per heavy atom. The molecule has 1 aromatic carbocycles.